The zero-order valence-corrected chi connectivity index (χ0v) is 10.2. The first-order valence-corrected chi connectivity index (χ1v) is 5.39. The van der Waals surface area contributed by atoms with Crippen LogP contribution >= 0.6 is 0 Å². The first-order chi connectivity index (χ1) is 8.47. The van der Waals surface area contributed by atoms with Gasteiger partial charge in [-0.25, -0.2) is 0 Å². The molecule has 1 aromatic rings. The van der Waals surface area contributed by atoms with Crippen molar-refractivity contribution in [1.82, 2.24) is 5.32 Å². The number of rotatable bonds is 5. The second-order valence-corrected chi connectivity index (χ2v) is 3.50. The van der Waals surface area contributed by atoms with E-state index in [0.717, 1.165) is 5.56 Å². The molecule has 0 saturated carbocycles. The third-order valence-corrected chi connectivity index (χ3v) is 2.03. The Kier molecular flexibility index (Phi) is 8.17. The molecule has 1 rings (SSSR count). The van der Waals surface area contributed by atoms with Gasteiger partial charge in [0.15, 0.2) is 0 Å². The lowest BCUT2D eigenvalue weighted by Gasteiger charge is -2.11. The monoisotopic (exact) mass is 254 g/mol. The third-order valence-electron chi connectivity index (χ3n) is 2.03. The number of hydrogen-bond donors (Lipinski definition) is 4. The van der Waals surface area contributed by atoms with Crippen LogP contribution in [0.15, 0.2) is 30.3 Å². The van der Waals surface area contributed by atoms with Crippen LogP contribution in [-0.4, -0.2) is 35.2 Å². The molecular weight excluding hydrogens is 236 g/mol. The standard InChI is InChI=1S/C10H13NO2.C2H5NO2/c1-8(11-7-10(12)13)9-5-3-2-4-6-9;3-1-2(4)5/h2-6,8,11H,7H2,1H3,(H,12,13);1,3H2,(H,4,5). The highest BCUT2D eigenvalue weighted by atomic mass is 16.4. The van der Waals surface area contributed by atoms with Crippen molar-refractivity contribution in [3.63, 3.8) is 0 Å². The zero-order chi connectivity index (χ0) is 14.0. The van der Waals surface area contributed by atoms with Crippen molar-refractivity contribution in [3.8, 4) is 0 Å². The Bertz CT molecular complexity index is 368. The summed E-state index contributed by atoms with van der Waals surface area (Å²) >= 11 is 0. The molecular formula is C12H18N2O4. The fourth-order valence-corrected chi connectivity index (χ4v) is 1.10. The van der Waals surface area contributed by atoms with E-state index in [1.165, 1.54) is 0 Å². The van der Waals surface area contributed by atoms with E-state index in [2.05, 4.69) is 11.1 Å². The first-order valence-electron chi connectivity index (χ1n) is 5.39. The van der Waals surface area contributed by atoms with Crippen LogP contribution in [0, 0.1) is 0 Å². The molecule has 5 N–H and O–H groups in total. The van der Waals surface area contributed by atoms with Crippen molar-refractivity contribution in [3.05, 3.63) is 35.9 Å². The quantitative estimate of drug-likeness (QED) is 0.607. The molecule has 0 aliphatic rings. The number of carboxylic acids is 2. The van der Waals surface area contributed by atoms with Crippen LogP contribution in [0.3, 0.4) is 0 Å². The molecule has 0 saturated heterocycles. The van der Waals surface area contributed by atoms with Crippen LogP contribution in [0.5, 0.6) is 0 Å². The summed E-state index contributed by atoms with van der Waals surface area (Å²) in [5, 5.41) is 18.9. The number of hydrogen-bond acceptors (Lipinski definition) is 4. The molecule has 0 radical (unpaired) electrons. The average Bonchev–Trinajstić information content (AvgIpc) is 2.37. The van der Waals surface area contributed by atoms with Crippen LogP contribution in [0.4, 0.5) is 0 Å². The van der Waals surface area contributed by atoms with Crippen molar-refractivity contribution in [1.29, 1.82) is 0 Å². The summed E-state index contributed by atoms with van der Waals surface area (Å²) in [5.41, 5.74) is 5.67. The first kappa shape index (κ1) is 16.1. The van der Waals surface area contributed by atoms with E-state index < -0.39 is 11.9 Å². The summed E-state index contributed by atoms with van der Waals surface area (Å²) in [6, 6.07) is 9.84. The Morgan fingerprint density at radius 1 is 1.22 bits per heavy atom. The fraction of sp³-hybridized carbons (Fsp3) is 0.333. The van der Waals surface area contributed by atoms with E-state index >= 15 is 0 Å². The Balaban J connectivity index is 0.000000494. The van der Waals surface area contributed by atoms with E-state index in [1.807, 2.05) is 37.3 Å². The van der Waals surface area contributed by atoms with Gasteiger partial charge in [0.1, 0.15) is 0 Å². The molecule has 0 aliphatic heterocycles. The average molecular weight is 254 g/mol. The van der Waals surface area contributed by atoms with Gasteiger partial charge < -0.3 is 21.3 Å². The van der Waals surface area contributed by atoms with Gasteiger partial charge in [-0.3, -0.25) is 9.59 Å². The van der Waals surface area contributed by atoms with Crippen molar-refractivity contribution < 1.29 is 19.8 Å². The van der Waals surface area contributed by atoms with Crippen molar-refractivity contribution >= 4 is 11.9 Å². The topological polar surface area (TPSA) is 113 Å². The van der Waals surface area contributed by atoms with Gasteiger partial charge in [0, 0.05) is 6.04 Å². The van der Waals surface area contributed by atoms with Crippen molar-refractivity contribution in [2.45, 2.75) is 13.0 Å². The molecule has 0 amide bonds. The summed E-state index contributed by atoms with van der Waals surface area (Å²) in [5.74, 6) is -1.80. The Hall–Kier alpha value is -1.92. The van der Waals surface area contributed by atoms with Gasteiger partial charge in [-0.1, -0.05) is 30.3 Å². The highest BCUT2D eigenvalue weighted by Gasteiger charge is 2.04. The lowest BCUT2D eigenvalue weighted by molar-refractivity contribution is -0.136. The zero-order valence-electron chi connectivity index (χ0n) is 10.2. The van der Waals surface area contributed by atoms with Gasteiger partial charge in [0.05, 0.1) is 13.1 Å². The molecule has 18 heavy (non-hydrogen) atoms. The summed E-state index contributed by atoms with van der Waals surface area (Å²) in [6.45, 7) is 1.66. The third kappa shape index (κ3) is 8.26. The number of carbonyl (C=O) groups is 2. The molecule has 0 aliphatic carbocycles. The lowest BCUT2D eigenvalue weighted by Crippen LogP contribution is -2.25. The van der Waals surface area contributed by atoms with Crippen LogP contribution in [-0.2, 0) is 9.59 Å². The second kappa shape index (κ2) is 9.15. The predicted octanol–water partition coefficient (Wildman–Crippen LogP) is 0.452. The maximum atomic E-state index is 10.3. The van der Waals surface area contributed by atoms with Crippen LogP contribution in [0.2, 0.25) is 0 Å². The smallest absolute Gasteiger partial charge is 0.317 e. The molecule has 1 unspecified atom stereocenters. The minimum atomic E-state index is -0.968. The predicted molar refractivity (Wildman–Crippen MR) is 67.2 cm³/mol. The Morgan fingerprint density at radius 3 is 2.11 bits per heavy atom. The van der Waals surface area contributed by atoms with Crippen LogP contribution < -0.4 is 11.1 Å². The van der Waals surface area contributed by atoms with Gasteiger partial charge in [-0.2, -0.15) is 0 Å². The van der Waals surface area contributed by atoms with Crippen LogP contribution in [0.1, 0.15) is 18.5 Å². The molecule has 0 spiro atoms. The normalized spacial score (nSPS) is 11.0. The number of carboxylic acid groups (broad SMARTS) is 2. The lowest BCUT2D eigenvalue weighted by atomic mass is 10.1. The van der Waals surface area contributed by atoms with E-state index in [0.29, 0.717) is 0 Å². The maximum Gasteiger partial charge on any atom is 0.317 e. The molecule has 0 aromatic heterocycles. The number of nitrogens with one attached hydrogen (secondary N) is 1. The fourth-order valence-electron chi connectivity index (χ4n) is 1.10. The number of aliphatic carboxylic acids is 2. The van der Waals surface area contributed by atoms with E-state index in [4.69, 9.17) is 10.2 Å². The van der Waals surface area contributed by atoms with Gasteiger partial charge in [-0.05, 0) is 12.5 Å². The van der Waals surface area contributed by atoms with Gasteiger partial charge in [0.25, 0.3) is 0 Å². The Labute approximate surface area is 105 Å². The molecule has 100 valence electrons. The van der Waals surface area contributed by atoms with E-state index in [1.54, 1.807) is 0 Å². The van der Waals surface area contributed by atoms with E-state index in [9.17, 15) is 9.59 Å². The molecule has 6 heteroatoms. The number of nitrogens with two attached hydrogens (primary N) is 1. The van der Waals surface area contributed by atoms with Crippen molar-refractivity contribution in [2.75, 3.05) is 13.1 Å². The summed E-state index contributed by atoms with van der Waals surface area (Å²) in [7, 11) is 0. The number of benzene rings is 1. The van der Waals surface area contributed by atoms with Gasteiger partial charge in [-0.15, -0.1) is 0 Å². The molecule has 0 fully saturated rings. The van der Waals surface area contributed by atoms with Gasteiger partial charge in [0.2, 0.25) is 0 Å². The highest BCUT2D eigenvalue weighted by Crippen LogP contribution is 2.09. The van der Waals surface area contributed by atoms with Crippen LogP contribution in [0.25, 0.3) is 0 Å². The van der Waals surface area contributed by atoms with Crippen molar-refractivity contribution in [2.24, 2.45) is 5.73 Å². The SMILES string of the molecule is CC(NCC(=O)O)c1ccccc1.NCC(=O)O. The summed E-state index contributed by atoms with van der Waals surface area (Å²) in [6.07, 6.45) is 0. The molecule has 0 heterocycles. The maximum absolute atomic E-state index is 10.3. The molecule has 0 bridgehead atoms. The summed E-state index contributed by atoms with van der Waals surface area (Å²) in [4.78, 5) is 19.5. The minimum Gasteiger partial charge on any atom is -0.480 e. The highest BCUT2D eigenvalue weighted by molar-refractivity contribution is 5.69. The largest absolute Gasteiger partial charge is 0.480 e. The minimum absolute atomic E-state index is 0.00391. The molecule has 1 atom stereocenters. The molecule has 6 nitrogen and oxygen atoms in total. The molecule has 1 aromatic carbocycles. The van der Waals surface area contributed by atoms with E-state index in [-0.39, 0.29) is 19.1 Å². The summed E-state index contributed by atoms with van der Waals surface area (Å²) < 4.78 is 0. The second-order valence-electron chi connectivity index (χ2n) is 3.50. The van der Waals surface area contributed by atoms with Gasteiger partial charge >= 0.3 is 11.9 Å². The Morgan fingerprint density at radius 2 is 1.72 bits per heavy atom.